The number of rotatable bonds is 8. The fourth-order valence-electron chi connectivity index (χ4n) is 2.24. The van der Waals surface area contributed by atoms with E-state index in [1.54, 1.807) is 13.4 Å². The molecule has 0 bridgehead atoms. The zero-order chi connectivity index (χ0) is 17.5. The van der Waals surface area contributed by atoms with Crippen LogP contribution in [0.4, 0.5) is 5.69 Å². The molecule has 0 spiro atoms. The van der Waals surface area contributed by atoms with Gasteiger partial charge in [0.25, 0.3) is 0 Å². The van der Waals surface area contributed by atoms with Gasteiger partial charge in [-0.1, -0.05) is 18.2 Å². The maximum atomic E-state index is 5.80. The van der Waals surface area contributed by atoms with Gasteiger partial charge in [0.05, 0.1) is 19.2 Å². The number of nitrogens with one attached hydrogen (secondary N) is 1. The summed E-state index contributed by atoms with van der Waals surface area (Å²) < 4.78 is 14.5. The highest BCUT2D eigenvalue weighted by Gasteiger charge is 2.12. The molecule has 0 atom stereocenters. The third-order valence-corrected chi connectivity index (χ3v) is 4.58. The van der Waals surface area contributed by atoms with Gasteiger partial charge in [-0.25, -0.2) is 9.97 Å². The van der Waals surface area contributed by atoms with E-state index in [1.165, 1.54) is 11.9 Å². The minimum Gasteiger partial charge on any atom is -0.493 e. The Bertz CT molecular complexity index is 833. The molecule has 0 aliphatic rings. The molecule has 0 unspecified atom stereocenters. The number of alkyl halides is 1. The fraction of sp³-hybridized carbons (Fsp3) is 0.222. The maximum Gasteiger partial charge on any atom is 0.162 e. The topological polar surface area (TPSA) is 56.3 Å². The highest BCUT2D eigenvalue weighted by atomic mass is 35.5. The maximum absolute atomic E-state index is 5.80. The Balaban J connectivity index is 1.88. The summed E-state index contributed by atoms with van der Waals surface area (Å²) in [5, 5.41) is 1.72. The van der Waals surface area contributed by atoms with Gasteiger partial charge in [-0.05, 0) is 24.6 Å². The first kappa shape index (κ1) is 17.6. The van der Waals surface area contributed by atoms with Crippen molar-refractivity contribution >= 4 is 40.1 Å². The lowest BCUT2D eigenvalue weighted by Gasteiger charge is -2.13. The molecular formula is C18H18ClN3O2S. The number of anilines is 1. The lowest BCUT2D eigenvalue weighted by atomic mass is 10.2. The summed E-state index contributed by atoms with van der Waals surface area (Å²) in [6.07, 6.45) is 2.32. The number of methoxy groups -OCH3 is 1. The largest absolute Gasteiger partial charge is 0.493 e. The van der Waals surface area contributed by atoms with Crippen LogP contribution in [0.1, 0.15) is 6.42 Å². The van der Waals surface area contributed by atoms with Crippen LogP contribution in [0.3, 0.4) is 0 Å². The Kier molecular flexibility index (Phi) is 6.19. The second kappa shape index (κ2) is 8.78. The fourth-order valence-corrected chi connectivity index (χ4v) is 3.08. The van der Waals surface area contributed by atoms with Crippen molar-refractivity contribution in [1.82, 2.24) is 9.97 Å². The van der Waals surface area contributed by atoms with Gasteiger partial charge < -0.3 is 14.2 Å². The summed E-state index contributed by atoms with van der Waals surface area (Å²) in [6.45, 7) is 0.532. The Labute approximate surface area is 155 Å². The smallest absolute Gasteiger partial charge is 0.162 e. The minimum absolute atomic E-state index is 0.532. The lowest BCUT2D eigenvalue weighted by molar-refractivity contribution is 0.295. The molecule has 2 aromatic carbocycles. The second-order valence-corrected chi connectivity index (χ2v) is 6.33. The van der Waals surface area contributed by atoms with Gasteiger partial charge in [0.2, 0.25) is 0 Å². The van der Waals surface area contributed by atoms with Crippen molar-refractivity contribution in [2.75, 3.05) is 24.3 Å². The van der Waals surface area contributed by atoms with Crippen LogP contribution in [-0.4, -0.2) is 29.6 Å². The molecule has 0 aliphatic heterocycles. The van der Waals surface area contributed by atoms with E-state index in [0.717, 1.165) is 28.0 Å². The number of halogens is 1. The molecule has 0 aliphatic carbocycles. The third-order valence-electron chi connectivity index (χ3n) is 3.46. The molecule has 1 aromatic heterocycles. The summed E-state index contributed by atoms with van der Waals surface area (Å²) >= 11 is 7.15. The SMILES string of the molecule is COc1cc2ncnc(SNc3ccccc3)c2cc1OCCCCl. The van der Waals surface area contributed by atoms with Crippen molar-refractivity contribution in [3.8, 4) is 11.5 Å². The third kappa shape index (κ3) is 4.46. The van der Waals surface area contributed by atoms with E-state index in [0.29, 0.717) is 24.0 Å². The van der Waals surface area contributed by atoms with Crippen LogP contribution in [0.2, 0.25) is 0 Å². The molecule has 3 aromatic rings. The van der Waals surface area contributed by atoms with Crippen LogP contribution in [0.15, 0.2) is 53.8 Å². The highest BCUT2D eigenvalue weighted by molar-refractivity contribution is 8.00. The van der Waals surface area contributed by atoms with Gasteiger partial charge in [-0.15, -0.1) is 11.6 Å². The zero-order valence-corrected chi connectivity index (χ0v) is 15.3. The Morgan fingerprint density at radius 2 is 1.96 bits per heavy atom. The number of hydrogen-bond donors (Lipinski definition) is 1. The van der Waals surface area contributed by atoms with E-state index in [1.807, 2.05) is 42.5 Å². The van der Waals surface area contributed by atoms with Gasteiger partial charge in [0.1, 0.15) is 11.4 Å². The Morgan fingerprint density at radius 3 is 2.72 bits per heavy atom. The molecule has 0 amide bonds. The van der Waals surface area contributed by atoms with Crippen LogP contribution < -0.4 is 14.2 Å². The summed E-state index contributed by atoms with van der Waals surface area (Å²) in [6, 6.07) is 13.7. The second-order valence-electron chi connectivity index (χ2n) is 5.16. The first-order valence-corrected chi connectivity index (χ1v) is 9.16. The van der Waals surface area contributed by atoms with Gasteiger partial charge >= 0.3 is 0 Å². The molecule has 1 N–H and O–H groups in total. The molecule has 5 nitrogen and oxygen atoms in total. The standard InChI is InChI=1S/C18H18ClN3O2S/c1-23-16-11-15-14(10-17(16)24-9-5-8-19)18(21-12-20-15)25-22-13-6-3-2-4-7-13/h2-4,6-7,10-12,22H,5,8-9H2,1H3. The van der Waals surface area contributed by atoms with Gasteiger partial charge in [-0.2, -0.15) is 0 Å². The highest BCUT2D eigenvalue weighted by Crippen LogP contribution is 2.35. The summed E-state index contributed by atoms with van der Waals surface area (Å²) in [4.78, 5) is 8.72. The van der Waals surface area contributed by atoms with Crippen LogP contribution in [0.5, 0.6) is 11.5 Å². The van der Waals surface area contributed by atoms with E-state index >= 15 is 0 Å². The normalized spacial score (nSPS) is 10.6. The van der Waals surface area contributed by atoms with Crippen LogP contribution in [0, 0.1) is 0 Å². The number of fused-ring (bicyclic) bond motifs is 1. The molecular weight excluding hydrogens is 358 g/mol. The van der Waals surface area contributed by atoms with Gasteiger partial charge in [0.15, 0.2) is 11.5 Å². The molecule has 7 heteroatoms. The summed E-state index contributed by atoms with van der Waals surface area (Å²) in [7, 11) is 1.61. The predicted molar refractivity (Wildman–Crippen MR) is 103 cm³/mol. The molecule has 0 saturated carbocycles. The van der Waals surface area contributed by atoms with Crippen LogP contribution >= 0.6 is 23.5 Å². The van der Waals surface area contributed by atoms with Crippen molar-refractivity contribution in [3.63, 3.8) is 0 Å². The monoisotopic (exact) mass is 375 g/mol. The number of hydrogen-bond acceptors (Lipinski definition) is 6. The van der Waals surface area contributed by atoms with Crippen LogP contribution in [0.25, 0.3) is 10.9 Å². The van der Waals surface area contributed by atoms with Crippen LogP contribution in [-0.2, 0) is 0 Å². The van der Waals surface area contributed by atoms with E-state index in [2.05, 4.69) is 14.7 Å². The molecule has 130 valence electrons. The number of benzene rings is 2. The first-order valence-electron chi connectivity index (χ1n) is 7.81. The number of ether oxygens (including phenoxy) is 2. The molecule has 1 heterocycles. The molecule has 3 rings (SSSR count). The van der Waals surface area contributed by atoms with Gasteiger partial charge in [-0.3, -0.25) is 0 Å². The van der Waals surface area contributed by atoms with Crippen molar-refractivity contribution in [1.29, 1.82) is 0 Å². The minimum atomic E-state index is 0.532. The summed E-state index contributed by atoms with van der Waals surface area (Å²) in [5.74, 6) is 1.87. The number of para-hydroxylation sites is 1. The Hall–Kier alpha value is -2.18. The quantitative estimate of drug-likeness (QED) is 0.265. The first-order chi connectivity index (χ1) is 12.3. The van der Waals surface area contributed by atoms with Crippen molar-refractivity contribution in [2.24, 2.45) is 0 Å². The lowest BCUT2D eigenvalue weighted by Crippen LogP contribution is -2.01. The van der Waals surface area contributed by atoms with Gasteiger partial charge in [0, 0.05) is 35.0 Å². The van der Waals surface area contributed by atoms with E-state index in [-0.39, 0.29) is 0 Å². The Morgan fingerprint density at radius 1 is 1.12 bits per heavy atom. The van der Waals surface area contributed by atoms with E-state index in [9.17, 15) is 0 Å². The molecule has 25 heavy (non-hydrogen) atoms. The predicted octanol–water partition coefficient (Wildman–Crippen LogP) is 4.77. The molecule has 0 fully saturated rings. The van der Waals surface area contributed by atoms with Crippen molar-refractivity contribution in [3.05, 3.63) is 48.8 Å². The van der Waals surface area contributed by atoms with Crippen molar-refractivity contribution < 1.29 is 9.47 Å². The average Bonchev–Trinajstić information content (AvgIpc) is 2.66. The van der Waals surface area contributed by atoms with E-state index < -0.39 is 0 Å². The molecule has 0 saturated heterocycles. The van der Waals surface area contributed by atoms with E-state index in [4.69, 9.17) is 21.1 Å². The number of nitrogens with zero attached hydrogens (tertiary/aromatic N) is 2. The van der Waals surface area contributed by atoms with Crippen molar-refractivity contribution in [2.45, 2.75) is 11.4 Å². The zero-order valence-electron chi connectivity index (χ0n) is 13.7. The molecule has 0 radical (unpaired) electrons. The summed E-state index contributed by atoms with van der Waals surface area (Å²) in [5.41, 5.74) is 1.81. The average molecular weight is 376 g/mol. The number of aromatic nitrogens is 2.